The van der Waals surface area contributed by atoms with Gasteiger partial charge in [-0.1, -0.05) is 20.8 Å². The second kappa shape index (κ2) is 5.86. The maximum atomic E-state index is 3.64. The average molecular weight is 212 g/mol. The van der Waals surface area contributed by atoms with Crippen LogP contribution in [-0.2, 0) is 0 Å². The summed E-state index contributed by atoms with van der Waals surface area (Å²) in [4.78, 5) is 2.54. The summed E-state index contributed by atoms with van der Waals surface area (Å²) in [6, 6.07) is 2.21. The minimum Gasteiger partial charge on any atom is -0.312 e. The van der Waals surface area contributed by atoms with E-state index < -0.39 is 0 Å². The van der Waals surface area contributed by atoms with Crippen LogP contribution in [0, 0.1) is 5.92 Å². The van der Waals surface area contributed by atoms with E-state index in [1.165, 1.54) is 19.3 Å². The van der Waals surface area contributed by atoms with E-state index in [4.69, 9.17) is 0 Å². The first-order valence-corrected chi connectivity index (χ1v) is 6.51. The predicted octanol–water partition coefficient (Wildman–Crippen LogP) is 2.49. The molecule has 0 radical (unpaired) electrons. The Hall–Kier alpha value is -0.0800. The highest BCUT2D eigenvalue weighted by atomic mass is 15.2. The number of nitrogens with one attached hydrogen (secondary N) is 1. The Morgan fingerprint density at radius 3 is 2.27 bits per heavy atom. The topological polar surface area (TPSA) is 15.3 Å². The van der Waals surface area contributed by atoms with Crippen LogP contribution in [0.5, 0.6) is 0 Å². The summed E-state index contributed by atoms with van der Waals surface area (Å²) in [6.45, 7) is 10.4. The highest BCUT2D eigenvalue weighted by Crippen LogP contribution is 2.19. The van der Waals surface area contributed by atoms with Gasteiger partial charge in [-0.2, -0.15) is 0 Å². The molecule has 90 valence electrons. The van der Waals surface area contributed by atoms with Crippen LogP contribution >= 0.6 is 0 Å². The van der Waals surface area contributed by atoms with Gasteiger partial charge in [0.1, 0.15) is 0 Å². The fourth-order valence-electron chi connectivity index (χ4n) is 1.97. The van der Waals surface area contributed by atoms with Crippen molar-refractivity contribution in [1.29, 1.82) is 0 Å². The Balaban J connectivity index is 2.33. The maximum absolute atomic E-state index is 3.64. The quantitative estimate of drug-likeness (QED) is 0.697. The lowest BCUT2D eigenvalue weighted by Gasteiger charge is -2.35. The van der Waals surface area contributed by atoms with Crippen LogP contribution in [-0.4, -0.2) is 36.6 Å². The van der Waals surface area contributed by atoms with Crippen molar-refractivity contribution in [3.05, 3.63) is 0 Å². The molecular formula is C13H28N2. The second-order valence-electron chi connectivity index (χ2n) is 5.39. The Kier molecular flexibility index (Phi) is 5.07. The molecule has 0 aromatic heterocycles. The molecule has 2 nitrogen and oxygen atoms in total. The van der Waals surface area contributed by atoms with Crippen molar-refractivity contribution in [3.63, 3.8) is 0 Å². The summed E-state index contributed by atoms with van der Waals surface area (Å²) in [5.74, 6) is 0.741. The largest absolute Gasteiger partial charge is 0.312 e. The van der Waals surface area contributed by atoms with E-state index in [0.717, 1.165) is 18.5 Å². The van der Waals surface area contributed by atoms with Gasteiger partial charge < -0.3 is 5.32 Å². The summed E-state index contributed by atoms with van der Waals surface area (Å²) in [5.41, 5.74) is 0. The molecule has 0 aromatic carbocycles. The minimum absolute atomic E-state index is 0.677. The third-order valence-electron chi connectivity index (χ3n) is 3.87. The first-order valence-electron chi connectivity index (χ1n) is 6.51. The molecule has 2 heteroatoms. The highest BCUT2D eigenvalue weighted by molar-refractivity contribution is 4.84. The van der Waals surface area contributed by atoms with Gasteiger partial charge in [0.25, 0.3) is 0 Å². The Labute approximate surface area is 95.4 Å². The van der Waals surface area contributed by atoms with Crippen molar-refractivity contribution >= 4 is 0 Å². The zero-order chi connectivity index (χ0) is 11.4. The third kappa shape index (κ3) is 4.12. The fraction of sp³-hybridized carbons (Fsp3) is 1.00. The van der Waals surface area contributed by atoms with Gasteiger partial charge in [-0.05, 0) is 39.2 Å². The molecule has 2 unspecified atom stereocenters. The molecule has 15 heavy (non-hydrogen) atoms. The van der Waals surface area contributed by atoms with Crippen LogP contribution in [0.3, 0.4) is 0 Å². The normalized spacial score (nSPS) is 21.0. The molecule has 0 spiro atoms. The van der Waals surface area contributed by atoms with Crippen LogP contribution in [0.2, 0.25) is 0 Å². The van der Waals surface area contributed by atoms with Crippen molar-refractivity contribution in [1.82, 2.24) is 10.2 Å². The van der Waals surface area contributed by atoms with E-state index >= 15 is 0 Å². The van der Waals surface area contributed by atoms with Crippen LogP contribution < -0.4 is 5.32 Å². The SMILES string of the molecule is CCC(CNC1CC1)N(C)C(C)C(C)C. The lowest BCUT2D eigenvalue weighted by Crippen LogP contribution is -2.46. The first-order chi connectivity index (χ1) is 7.06. The zero-order valence-electron chi connectivity index (χ0n) is 11.1. The molecule has 0 bridgehead atoms. The molecule has 1 aliphatic carbocycles. The monoisotopic (exact) mass is 212 g/mol. The molecule has 0 aliphatic heterocycles. The van der Waals surface area contributed by atoms with Gasteiger partial charge >= 0.3 is 0 Å². The van der Waals surface area contributed by atoms with E-state index in [1.807, 2.05) is 0 Å². The summed E-state index contributed by atoms with van der Waals surface area (Å²) in [5, 5.41) is 3.64. The highest BCUT2D eigenvalue weighted by Gasteiger charge is 2.24. The van der Waals surface area contributed by atoms with Crippen LogP contribution in [0.25, 0.3) is 0 Å². The number of likely N-dealkylation sites (N-methyl/N-ethyl adjacent to an activating group) is 1. The minimum atomic E-state index is 0.677. The second-order valence-corrected chi connectivity index (χ2v) is 5.39. The summed E-state index contributed by atoms with van der Waals surface area (Å²) >= 11 is 0. The molecule has 1 aliphatic rings. The van der Waals surface area contributed by atoms with Gasteiger partial charge in [0, 0.05) is 24.7 Å². The number of nitrogens with zero attached hydrogens (tertiary/aromatic N) is 1. The lowest BCUT2D eigenvalue weighted by molar-refractivity contribution is 0.141. The van der Waals surface area contributed by atoms with E-state index in [-0.39, 0.29) is 0 Å². The first kappa shape index (κ1) is 13.0. The molecule has 1 rings (SSSR count). The van der Waals surface area contributed by atoms with Gasteiger partial charge in [0.15, 0.2) is 0 Å². The van der Waals surface area contributed by atoms with Gasteiger partial charge in [-0.25, -0.2) is 0 Å². The molecule has 0 saturated heterocycles. The van der Waals surface area contributed by atoms with Gasteiger partial charge in [0.2, 0.25) is 0 Å². The van der Waals surface area contributed by atoms with Crippen LogP contribution in [0.4, 0.5) is 0 Å². The van der Waals surface area contributed by atoms with E-state index in [1.54, 1.807) is 0 Å². The molecular weight excluding hydrogens is 184 g/mol. The summed E-state index contributed by atoms with van der Waals surface area (Å²) < 4.78 is 0. The molecule has 1 N–H and O–H groups in total. The number of rotatable bonds is 7. The summed E-state index contributed by atoms with van der Waals surface area (Å²) in [7, 11) is 2.27. The van der Waals surface area contributed by atoms with E-state index in [9.17, 15) is 0 Å². The molecule has 1 fully saturated rings. The Morgan fingerprint density at radius 1 is 1.27 bits per heavy atom. The van der Waals surface area contributed by atoms with Crippen molar-refractivity contribution in [2.24, 2.45) is 5.92 Å². The Bertz CT molecular complexity index is 175. The van der Waals surface area contributed by atoms with Crippen LogP contribution in [0.1, 0.15) is 47.0 Å². The smallest absolute Gasteiger partial charge is 0.0217 e. The van der Waals surface area contributed by atoms with Crippen molar-refractivity contribution < 1.29 is 0 Å². The molecule has 2 atom stereocenters. The maximum Gasteiger partial charge on any atom is 0.0217 e. The van der Waals surface area contributed by atoms with Gasteiger partial charge in [-0.15, -0.1) is 0 Å². The van der Waals surface area contributed by atoms with Crippen molar-refractivity contribution in [2.45, 2.75) is 65.1 Å². The molecule has 0 heterocycles. The zero-order valence-corrected chi connectivity index (χ0v) is 11.1. The Morgan fingerprint density at radius 2 is 1.87 bits per heavy atom. The lowest BCUT2D eigenvalue weighted by atomic mass is 10.0. The average Bonchev–Trinajstić information content (AvgIpc) is 3.00. The predicted molar refractivity (Wildman–Crippen MR) is 67.2 cm³/mol. The van der Waals surface area contributed by atoms with Crippen molar-refractivity contribution in [2.75, 3.05) is 13.6 Å². The van der Waals surface area contributed by atoms with E-state index in [0.29, 0.717) is 12.1 Å². The van der Waals surface area contributed by atoms with Crippen molar-refractivity contribution in [3.8, 4) is 0 Å². The fourth-order valence-corrected chi connectivity index (χ4v) is 1.97. The van der Waals surface area contributed by atoms with E-state index in [2.05, 4.69) is 45.0 Å². The molecule has 0 aromatic rings. The standard InChI is InChI=1S/C13H28N2/c1-6-13(9-14-12-7-8-12)15(5)11(4)10(2)3/h10-14H,6-9H2,1-5H3. The summed E-state index contributed by atoms with van der Waals surface area (Å²) in [6.07, 6.45) is 4.02. The van der Waals surface area contributed by atoms with Gasteiger partial charge in [-0.3, -0.25) is 4.90 Å². The van der Waals surface area contributed by atoms with Crippen LogP contribution in [0.15, 0.2) is 0 Å². The molecule has 0 amide bonds. The van der Waals surface area contributed by atoms with Gasteiger partial charge in [0.05, 0.1) is 0 Å². The third-order valence-corrected chi connectivity index (χ3v) is 3.87. The molecule has 1 saturated carbocycles. The number of hydrogen-bond acceptors (Lipinski definition) is 2. The number of hydrogen-bond donors (Lipinski definition) is 1.